The molecule has 26 heavy (non-hydrogen) atoms. The molecule has 0 spiro atoms. The zero-order valence-corrected chi connectivity index (χ0v) is 16.0. The van der Waals surface area contributed by atoms with Crippen LogP contribution in [0.1, 0.15) is 50.9 Å². The Morgan fingerprint density at radius 1 is 1.15 bits per heavy atom. The maximum Gasteiger partial charge on any atom is 0.494 e. The van der Waals surface area contributed by atoms with Crippen LogP contribution in [-0.2, 0) is 14.0 Å². The van der Waals surface area contributed by atoms with Gasteiger partial charge in [-0.25, -0.2) is 14.8 Å². The molecule has 1 fully saturated rings. The minimum Gasteiger partial charge on any atom is -0.463 e. The van der Waals surface area contributed by atoms with E-state index >= 15 is 0 Å². The van der Waals surface area contributed by atoms with Gasteiger partial charge in [-0.2, -0.15) is 0 Å². The summed E-state index contributed by atoms with van der Waals surface area (Å²) in [5.41, 5.74) is 2.00. The predicted molar refractivity (Wildman–Crippen MR) is 101 cm³/mol. The lowest BCUT2D eigenvalue weighted by atomic mass is 9.78. The topological polar surface area (TPSA) is 70.5 Å². The lowest BCUT2D eigenvalue weighted by Crippen LogP contribution is -2.41. The second-order valence-electron chi connectivity index (χ2n) is 7.53. The first-order valence-corrected chi connectivity index (χ1v) is 8.47. The van der Waals surface area contributed by atoms with Crippen molar-refractivity contribution in [2.75, 3.05) is 7.11 Å². The molecule has 136 valence electrons. The predicted octanol–water partition coefficient (Wildman–Crippen LogP) is 2.75. The van der Waals surface area contributed by atoms with Crippen LogP contribution < -0.4 is 5.46 Å². The number of hydrogen-bond donors (Lipinski definition) is 0. The van der Waals surface area contributed by atoms with E-state index in [1.54, 1.807) is 0 Å². The van der Waals surface area contributed by atoms with Crippen molar-refractivity contribution in [3.8, 4) is 0 Å². The van der Waals surface area contributed by atoms with Gasteiger partial charge in [-0.3, -0.25) is 0 Å². The van der Waals surface area contributed by atoms with E-state index in [4.69, 9.17) is 14.0 Å². The monoisotopic (exact) mass is 354 g/mol. The molecule has 0 saturated carbocycles. The van der Waals surface area contributed by atoms with Crippen LogP contribution in [0.15, 0.2) is 24.8 Å². The lowest BCUT2D eigenvalue weighted by Gasteiger charge is -2.32. The third-order valence-electron chi connectivity index (χ3n) is 5.02. The van der Waals surface area contributed by atoms with Crippen molar-refractivity contribution in [2.45, 2.75) is 45.8 Å². The summed E-state index contributed by atoms with van der Waals surface area (Å²) in [5.74, 6) is -0.564. The molecule has 1 aromatic heterocycles. The highest BCUT2D eigenvalue weighted by Gasteiger charge is 2.51. The summed E-state index contributed by atoms with van der Waals surface area (Å²) < 4.78 is 17.0. The van der Waals surface area contributed by atoms with Crippen molar-refractivity contribution in [1.82, 2.24) is 9.97 Å². The number of allylic oxidation sites excluding steroid dienone is 1. The van der Waals surface area contributed by atoms with Gasteiger partial charge in [0.1, 0.15) is 0 Å². The average Bonchev–Trinajstić information content (AvgIpc) is 2.80. The van der Waals surface area contributed by atoms with Gasteiger partial charge in [0.25, 0.3) is 0 Å². The quantitative estimate of drug-likeness (QED) is 0.624. The molecule has 3 rings (SSSR count). The minimum absolute atomic E-state index is 0.0152. The maximum absolute atomic E-state index is 11.8. The molecule has 0 N–H and O–H groups in total. The average molecular weight is 354 g/mol. The second-order valence-corrected chi connectivity index (χ2v) is 7.53. The summed E-state index contributed by atoms with van der Waals surface area (Å²) in [7, 11) is 0.820. The van der Waals surface area contributed by atoms with E-state index in [1.807, 2.05) is 52.8 Å². The van der Waals surface area contributed by atoms with Crippen molar-refractivity contribution >= 4 is 35.0 Å². The number of aromatic nitrogens is 2. The standard InChI is InChI=1S/C19H23BN2O4/c1-11(2)15-13-10-12(20-25-18(3,4)19(5,6)26-20)8-9-14(13)21-16(22-15)17(23)24-7/h8-10H,1H2,2-7H3. The molecule has 1 aromatic carbocycles. The number of carbonyl (C=O) groups excluding carboxylic acids is 1. The Kier molecular flexibility index (Phi) is 4.41. The molecule has 6 nitrogen and oxygen atoms in total. The third kappa shape index (κ3) is 3.01. The van der Waals surface area contributed by atoms with E-state index in [1.165, 1.54) is 7.11 Å². The van der Waals surface area contributed by atoms with Crippen molar-refractivity contribution in [1.29, 1.82) is 0 Å². The van der Waals surface area contributed by atoms with E-state index in [9.17, 15) is 4.79 Å². The summed E-state index contributed by atoms with van der Waals surface area (Å²) in [4.78, 5) is 20.5. The van der Waals surface area contributed by atoms with Gasteiger partial charge in [-0.15, -0.1) is 0 Å². The molecular weight excluding hydrogens is 331 g/mol. The smallest absolute Gasteiger partial charge is 0.463 e. The molecule has 0 atom stereocenters. The first-order valence-electron chi connectivity index (χ1n) is 8.47. The van der Waals surface area contributed by atoms with Crippen LogP contribution in [0.5, 0.6) is 0 Å². The minimum atomic E-state index is -0.579. The number of esters is 1. The Morgan fingerprint density at radius 3 is 2.31 bits per heavy atom. The maximum atomic E-state index is 11.8. The van der Waals surface area contributed by atoms with Gasteiger partial charge in [0.15, 0.2) is 0 Å². The molecule has 0 unspecified atom stereocenters. The van der Waals surface area contributed by atoms with Crippen LogP contribution in [0.4, 0.5) is 0 Å². The van der Waals surface area contributed by atoms with Crippen LogP contribution in [0.3, 0.4) is 0 Å². The van der Waals surface area contributed by atoms with E-state index in [0.717, 1.165) is 16.4 Å². The lowest BCUT2D eigenvalue weighted by molar-refractivity contribution is 0.00578. The van der Waals surface area contributed by atoms with Gasteiger partial charge in [0.05, 0.1) is 29.5 Å². The number of nitrogens with zero attached hydrogens (tertiary/aromatic N) is 2. The second kappa shape index (κ2) is 6.18. The molecule has 0 amide bonds. The fourth-order valence-corrected chi connectivity index (χ4v) is 2.78. The first kappa shape index (κ1) is 18.5. The molecule has 2 heterocycles. The molecule has 1 aliphatic rings. The molecule has 2 aromatic rings. The van der Waals surface area contributed by atoms with Gasteiger partial charge < -0.3 is 14.0 Å². The SMILES string of the molecule is C=C(C)c1nc(C(=O)OC)nc2ccc(B3OC(C)(C)C(C)(C)O3)cc12. The fourth-order valence-electron chi connectivity index (χ4n) is 2.78. The van der Waals surface area contributed by atoms with E-state index in [-0.39, 0.29) is 5.82 Å². The summed E-state index contributed by atoms with van der Waals surface area (Å²) >= 11 is 0. The Labute approximate surface area is 153 Å². The van der Waals surface area contributed by atoms with E-state index in [2.05, 4.69) is 16.5 Å². The fraction of sp³-hybridized carbons (Fsp3) is 0.421. The highest BCUT2D eigenvalue weighted by Crippen LogP contribution is 2.36. The van der Waals surface area contributed by atoms with Crippen molar-refractivity contribution in [3.63, 3.8) is 0 Å². The molecule has 0 bridgehead atoms. The molecule has 1 aliphatic heterocycles. The van der Waals surface area contributed by atoms with Crippen molar-refractivity contribution < 1.29 is 18.8 Å². The number of hydrogen-bond acceptors (Lipinski definition) is 6. The highest BCUT2D eigenvalue weighted by atomic mass is 16.7. The largest absolute Gasteiger partial charge is 0.494 e. The van der Waals surface area contributed by atoms with Crippen molar-refractivity contribution in [2.24, 2.45) is 0 Å². The molecular formula is C19H23BN2O4. The Hall–Kier alpha value is -2.25. The normalized spacial score (nSPS) is 18.2. The van der Waals surface area contributed by atoms with Gasteiger partial charge in [0, 0.05) is 5.39 Å². The van der Waals surface area contributed by atoms with E-state index in [0.29, 0.717) is 11.2 Å². The van der Waals surface area contributed by atoms with Crippen LogP contribution in [0, 0.1) is 0 Å². The summed E-state index contributed by atoms with van der Waals surface area (Å²) in [6.45, 7) is 13.9. The third-order valence-corrected chi connectivity index (χ3v) is 5.02. The molecule has 7 heteroatoms. The van der Waals surface area contributed by atoms with Gasteiger partial charge in [-0.1, -0.05) is 18.7 Å². The summed E-state index contributed by atoms with van der Waals surface area (Å²) in [6, 6.07) is 5.65. The Morgan fingerprint density at radius 2 is 1.77 bits per heavy atom. The van der Waals surface area contributed by atoms with Crippen LogP contribution in [0.25, 0.3) is 16.5 Å². The number of carbonyl (C=O) groups is 1. The van der Waals surface area contributed by atoms with Crippen LogP contribution in [0.2, 0.25) is 0 Å². The van der Waals surface area contributed by atoms with Crippen LogP contribution >= 0.6 is 0 Å². The Balaban J connectivity index is 2.11. The van der Waals surface area contributed by atoms with E-state index < -0.39 is 24.3 Å². The summed E-state index contributed by atoms with van der Waals surface area (Å²) in [5, 5.41) is 0.789. The zero-order valence-electron chi connectivity index (χ0n) is 16.0. The van der Waals surface area contributed by atoms with Crippen molar-refractivity contribution in [3.05, 3.63) is 36.3 Å². The van der Waals surface area contributed by atoms with Crippen LogP contribution in [-0.4, -0.2) is 41.4 Å². The van der Waals surface area contributed by atoms with Gasteiger partial charge in [0.2, 0.25) is 5.82 Å². The Bertz CT molecular complexity index is 892. The first-order chi connectivity index (χ1) is 12.1. The number of benzene rings is 1. The molecule has 0 radical (unpaired) electrons. The molecule has 1 saturated heterocycles. The zero-order chi connectivity index (χ0) is 19.3. The number of methoxy groups -OCH3 is 1. The number of ether oxygens (including phenoxy) is 1. The molecule has 0 aliphatic carbocycles. The summed E-state index contributed by atoms with van der Waals surface area (Å²) in [6.07, 6.45) is 0. The van der Waals surface area contributed by atoms with Gasteiger partial charge in [-0.05, 0) is 51.7 Å². The van der Waals surface area contributed by atoms with Gasteiger partial charge >= 0.3 is 13.1 Å². The highest BCUT2D eigenvalue weighted by molar-refractivity contribution is 6.62. The number of fused-ring (bicyclic) bond motifs is 1. The number of rotatable bonds is 3.